The molecule has 1 atom stereocenters. The van der Waals surface area contributed by atoms with Gasteiger partial charge in [0, 0.05) is 19.7 Å². The highest BCUT2D eigenvalue weighted by molar-refractivity contribution is 14.0. The topological polar surface area (TPSA) is 45.7 Å². The molecule has 2 N–H and O–H groups in total. The fourth-order valence-corrected chi connectivity index (χ4v) is 1.90. The maximum atomic E-state index is 11.9. The zero-order chi connectivity index (χ0) is 17.1. The molecule has 0 bridgehead atoms. The lowest BCUT2D eigenvalue weighted by Crippen LogP contribution is -2.38. The Morgan fingerprint density at radius 1 is 1.25 bits per heavy atom. The third-order valence-corrected chi connectivity index (χ3v) is 2.98. The summed E-state index contributed by atoms with van der Waals surface area (Å²) in [6, 6.07) is 10.0. The van der Waals surface area contributed by atoms with Crippen molar-refractivity contribution >= 4 is 29.9 Å². The number of hydrogen-bond donors (Lipinski definition) is 2. The number of nitrogens with one attached hydrogen (secondary N) is 2. The molecule has 0 fully saturated rings. The Morgan fingerprint density at radius 2 is 1.92 bits per heavy atom. The molecular weight excluding hydrogens is 434 g/mol. The SMILES string of the molecule is CCNC(=NCCCOCC(F)(F)F)NC(C)c1ccccc1.I. The molecule has 0 amide bonds. The van der Waals surface area contributed by atoms with E-state index in [4.69, 9.17) is 0 Å². The van der Waals surface area contributed by atoms with Crippen molar-refractivity contribution in [3.05, 3.63) is 35.9 Å². The Kier molecular flexibility index (Phi) is 11.8. The number of alkyl halides is 3. The molecule has 138 valence electrons. The van der Waals surface area contributed by atoms with Crippen molar-refractivity contribution in [3.8, 4) is 0 Å². The third-order valence-electron chi connectivity index (χ3n) is 2.98. The first-order valence-corrected chi connectivity index (χ1v) is 7.66. The molecule has 0 aliphatic heterocycles. The van der Waals surface area contributed by atoms with Gasteiger partial charge < -0.3 is 15.4 Å². The molecule has 1 aromatic rings. The molecule has 8 heteroatoms. The quantitative estimate of drug-likeness (QED) is 0.269. The molecule has 1 rings (SSSR count). The summed E-state index contributed by atoms with van der Waals surface area (Å²) in [6.07, 6.45) is -3.84. The second kappa shape index (κ2) is 12.3. The fraction of sp³-hybridized carbons (Fsp3) is 0.562. The van der Waals surface area contributed by atoms with E-state index in [2.05, 4.69) is 20.4 Å². The Balaban J connectivity index is 0.00000529. The van der Waals surface area contributed by atoms with Crippen LogP contribution in [0.2, 0.25) is 0 Å². The van der Waals surface area contributed by atoms with E-state index < -0.39 is 12.8 Å². The summed E-state index contributed by atoms with van der Waals surface area (Å²) in [5.74, 6) is 0.639. The van der Waals surface area contributed by atoms with Crippen LogP contribution in [-0.2, 0) is 4.74 Å². The smallest absolute Gasteiger partial charge is 0.372 e. The van der Waals surface area contributed by atoms with Gasteiger partial charge >= 0.3 is 6.18 Å². The predicted molar refractivity (Wildman–Crippen MR) is 101 cm³/mol. The second-order valence-electron chi connectivity index (χ2n) is 5.06. The molecule has 1 unspecified atom stereocenters. The van der Waals surface area contributed by atoms with Gasteiger partial charge in [0.15, 0.2) is 5.96 Å². The first kappa shape index (κ1) is 23.0. The number of nitrogens with zero attached hydrogens (tertiary/aromatic N) is 1. The van der Waals surface area contributed by atoms with Gasteiger partial charge in [-0.3, -0.25) is 4.99 Å². The minimum Gasteiger partial charge on any atom is -0.372 e. The molecular formula is C16H25F3IN3O. The Hall–Kier alpha value is -1.03. The van der Waals surface area contributed by atoms with E-state index in [1.807, 2.05) is 44.2 Å². The number of ether oxygens (including phenoxy) is 1. The van der Waals surface area contributed by atoms with E-state index in [1.54, 1.807) is 0 Å². The molecule has 0 aliphatic carbocycles. The van der Waals surface area contributed by atoms with Gasteiger partial charge in [-0.2, -0.15) is 13.2 Å². The number of rotatable bonds is 8. The van der Waals surface area contributed by atoms with Gasteiger partial charge in [0.1, 0.15) is 6.61 Å². The lowest BCUT2D eigenvalue weighted by Gasteiger charge is -2.18. The zero-order valence-electron chi connectivity index (χ0n) is 13.9. The molecule has 0 heterocycles. The van der Waals surface area contributed by atoms with Crippen LogP contribution in [0.25, 0.3) is 0 Å². The van der Waals surface area contributed by atoms with Gasteiger partial charge in [-0.25, -0.2) is 0 Å². The molecule has 0 saturated carbocycles. The summed E-state index contributed by atoms with van der Waals surface area (Å²) in [4.78, 5) is 4.35. The Bertz CT molecular complexity index is 469. The van der Waals surface area contributed by atoms with Crippen LogP contribution in [0.15, 0.2) is 35.3 Å². The highest BCUT2D eigenvalue weighted by Gasteiger charge is 2.27. The average Bonchev–Trinajstić information content (AvgIpc) is 2.50. The van der Waals surface area contributed by atoms with Crippen molar-refractivity contribution in [2.75, 3.05) is 26.3 Å². The van der Waals surface area contributed by atoms with Gasteiger partial charge in [0.25, 0.3) is 0 Å². The van der Waals surface area contributed by atoms with Crippen LogP contribution in [0, 0.1) is 0 Å². The first-order valence-electron chi connectivity index (χ1n) is 7.66. The van der Waals surface area contributed by atoms with Crippen LogP contribution in [0.1, 0.15) is 31.9 Å². The van der Waals surface area contributed by atoms with Gasteiger partial charge in [0.05, 0.1) is 6.04 Å². The molecule has 0 radical (unpaired) electrons. The van der Waals surface area contributed by atoms with E-state index in [-0.39, 0.29) is 36.6 Å². The van der Waals surface area contributed by atoms with Gasteiger partial charge in [0.2, 0.25) is 0 Å². The predicted octanol–water partition coefficient (Wildman–Crippen LogP) is 3.89. The number of guanidine groups is 1. The van der Waals surface area contributed by atoms with Gasteiger partial charge in [-0.1, -0.05) is 30.3 Å². The molecule has 0 saturated heterocycles. The number of halogens is 4. The summed E-state index contributed by atoms with van der Waals surface area (Å²) < 4.78 is 40.3. The molecule has 24 heavy (non-hydrogen) atoms. The standard InChI is InChI=1S/C16H24F3N3O.HI/c1-3-20-15(21-10-7-11-23-12-16(17,18)19)22-13(2)14-8-5-4-6-9-14;/h4-6,8-9,13H,3,7,10-12H2,1-2H3,(H2,20,21,22);1H. The van der Waals surface area contributed by atoms with Crippen molar-refractivity contribution < 1.29 is 17.9 Å². The van der Waals surface area contributed by atoms with Gasteiger partial charge in [-0.15, -0.1) is 24.0 Å². The van der Waals surface area contributed by atoms with Crippen LogP contribution in [-0.4, -0.2) is 38.4 Å². The maximum absolute atomic E-state index is 11.9. The minimum absolute atomic E-state index is 0. The molecule has 0 spiro atoms. The van der Waals surface area contributed by atoms with Crippen molar-refractivity contribution in [2.24, 2.45) is 4.99 Å². The average molecular weight is 459 g/mol. The Morgan fingerprint density at radius 3 is 2.50 bits per heavy atom. The monoisotopic (exact) mass is 459 g/mol. The second-order valence-corrected chi connectivity index (χ2v) is 5.06. The van der Waals surface area contributed by atoms with E-state index >= 15 is 0 Å². The number of hydrogen-bond acceptors (Lipinski definition) is 2. The van der Waals surface area contributed by atoms with E-state index in [1.165, 1.54) is 0 Å². The van der Waals surface area contributed by atoms with Crippen LogP contribution >= 0.6 is 24.0 Å². The van der Waals surface area contributed by atoms with E-state index in [9.17, 15) is 13.2 Å². The maximum Gasteiger partial charge on any atom is 0.411 e. The van der Waals surface area contributed by atoms with Crippen LogP contribution in [0.4, 0.5) is 13.2 Å². The zero-order valence-corrected chi connectivity index (χ0v) is 16.2. The lowest BCUT2D eigenvalue weighted by molar-refractivity contribution is -0.173. The summed E-state index contributed by atoms with van der Waals surface area (Å²) in [7, 11) is 0. The van der Waals surface area contributed by atoms with Crippen molar-refractivity contribution in [3.63, 3.8) is 0 Å². The molecule has 1 aromatic carbocycles. The summed E-state index contributed by atoms with van der Waals surface area (Å²) in [5, 5.41) is 6.38. The molecule has 4 nitrogen and oxygen atoms in total. The van der Waals surface area contributed by atoms with Crippen LogP contribution < -0.4 is 10.6 Å². The van der Waals surface area contributed by atoms with Crippen LogP contribution in [0.3, 0.4) is 0 Å². The largest absolute Gasteiger partial charge is 0.411 e. The van der Waals surface area contributed by atoms with Crippen molar-refractivity contribution in [2.45, 2.75) is 32.5 Å². The van der Waals surface area contributed by atoms with Gasteiger partial charge in [-0.05, 0) is 25.8 Å². The third kappa shape index (κ3) is 10.7. The molecule has 0 aromatic heterocycles. The number of aliphatic imine (C=N–C) groups is 1. The normalized spacial score (nSPS) is 13.1. The highest BCUT2D eigenvalue weighted by Crippen LogP contribution is 2.14. The summed E-state index contributed by atoms with van der Waals surface area (Å²) in [5.41, 5.74) is 1.13. The summed E-state index contributed by atoms with van der Waals surface area (Å²) >= 11 is 0. The first-order chi connectivity index (χ1) is 10.9. The highest BCUT2D eigenvalue weighted by atomic mass is 127. The van der Waals surface area contributed by atoms with E-state index in [0.717, 1.165) is 5.56 Å². The minimum atomic E-state index is -4.27. The molecule has 0 aliphatic rings. The summed E-state index contributed by atoms with van der Waals surface area (Å²) in [6.45, 7) is 3.91. The Labute approximate surface area is 158 Å². The van der Waals surface area contributed by atoms with Crippen LogP contribution in [0.5, 0.6) is 0 Å². The van der Waals surface area contributed by atoms with Crippen molar-refractivity contribution in [1.29, 1.82) is 0 Å². The van der Waals surface area contributed by atoms with Crippen molar-refractivity contribution in [1.82, 2.24) is 10.6 Å². The fourth-order valence-electron chi connectivity index (χ4n) is 1.90. The van der Waals surface area contributed by atoms with E-state index in [0.29, 0.717) is 25.5 Å². The number of benzene rings is 1. The lowest BCUT2D eigenvalue weighted by atomic mass is 10.1.